The van der Waals surface area contributed by atoms with Crippen LogP contribution in [0, 0.1) is 0 Å². The lowest BCUT2D eigenvalue weighted by molar-refractivity contribution is 0.818. The lowest BCUT2D eigenvalue weighted by Gasteiger charge is -2.19. The van der Waals surface area contributed by atoms with Gasteiger partial charge in [-0.1, -0.05) is 30.3 Å². The molecule has 0 saturated carbocycles. The fraction of sp³-hybridized carbons (Fsp3) is 0.167. The molecule has 4 rings (SSSR count). The van der Waals surface area contributed by atoms with Gasteiger partial charge in [-0.3, -0.25) is 4.98 Å². The van der Waals surface area contributed by atoms with Gasteiger partial charge in [0.15, 0.2) is 0 Å². The quantitative estimate of drug-likeness (QED) is 0.729. The Kier molecular flexibility index (Phi) is 2.78. The summed E-state index contributed by atoms with van der Waals surface area (Å²) in [6, 6.07) is 18.7. The van der Waals surface area contributed by atoms with Crippen LogP contribution in [0.1, 0.15) is 11.3 Å². The third-order valence-corrected chi connectivity index (χ3v) is 4.11. The molecule has 3 heteroatoms. The van der Waals surface area contributed by atoms with Gasteiger partial charge < -0.3 is 10.6 Å². The summed E-state index contributed by atoms with van der Waals surface area (Å²) < 4.78 is 0. The highest BCUT2D eigenvalue weighted by Crippen LogP contribution is 2.31. The molecule has 0 amide bonds. The maximum atomic E-state index is 5.92. The fourth-order valence-electron chi connectivity index (χ4n) is 3.02. The van der Waals surface area contributed by atoms with Gasteiger partial charge in [0.25, 0.3) is 0 Å². The molecule has 1 aliphatic heterocycles. The van der Waals surface area contributed by atoms with E-state index >= 15 is 0 Å². The Morgan fingerprint density at radius 3 is 2.90 bits per heavy atom. The smallest absolute Gasteiger partial charge is 0.0706 e. The van der Waals surface area contributed by atoms with Gasteiger partial charge in [-0.05, 0) is 36.2 Å². The van der Waals surface area contributed by atoms with Crippen molar-refractivity contribution < 1.29 is 0 Å². The van der Waals surface area contributed by atoms with Crippen molar-refractivity contribution >= 4 is 22.3 Å². The zero-order valence-corrected chi connectivity index (χ0v) is 11.8. The summed E-state index contributed by atoms with van der Waals surface area (Å²) in [5, 5.41) is 1.19. The molecule has 0 fully saturated rings. The molecule has 104 valence electrons. The number of hydrogen-bond acceptors (Lipinski definition) is 3. The van der Waals surface area contributed by atoms with Gasteiger partial charge >= 0.3 is 0 Å². The van der Waals surface area contributed by atoms with E-state index in [1.54, 1.807) is 0 Å². The number of benzene rings is 2. The first kappa shape index (κ1) is 12.2. The van der Waals surface area contributed by atoms with Crippen LogP contribution in [0.4, 0.5) is 11.4 Å². The first-order valence-electron chi connectivity index (χ1n) is 7.28. The predicted molar refractivity (Wildman–Crippen MR) is 87.4 cm³/mol. The van der Waals surface area contributed by atoms with Crippen molar-refractivity contribution in [3.63, 3.8) is 0 Å². The first-order chi connectivity index (χ1) is 10.3. The molecule has 0 atom stereocenters. The number of nitrogens with zero attached hydrogens (tertiary/aromatic N) is 2. The van der Waals surface area contributed by atoms with Crippen LogP contribution in [0.15, 0.2) is 54.6 Å². The average molecular weight is 275 g/mol. The second kappa shape index (κ2) is 4.77. The van der Waals surface area contributed by atoms with Crippen molar-refractivity contribution in [1.29, 1.82) is 0 Å². The molecule has 1 aromatic heterocycles. The van der Waals surface area contributed by atoms with Gasteiger partial charge in [0.2, 0.25) is 0 Å². The number of nitrogen functional groups attached to an aromatic ring is 1. The van der Waals surface area contributed by atoms with Gasteiger partial charge in [-0.2, -0.15) is 0 Å². The Balaban J connectivity index is 1.66. The highest BCUT2D eigenvalue weighted by molar-refractivity contribution is 5.78. The summed E-state index contributed by atoms with van der Waals surface area (Å²) in [5.41, 5.74) is 11.5. The summed E-state index contributed by atoms with van der Waals surface area (Å²) in [6.07, 6.45) is 1.09. The zero-order valence-electron chi connectivity index (χ0n) is 11.8. The number of aromatic nitrogens is 1. The number of nitrogens with two attached hydrogens (primary N) is 1. The van der Waals surface area contributed by atoms with Gasteiger partial charge in [0.05, 0.1) is 17.8 Å². The van der Waals surface area contributed by atoms with E-state index in [1.165, 1.54) is 16.6 Å². The van der Waals surface area contributed by atoms with Crippen LogP contribution >= 0.6 is 0 Å². The van der Waals surface area contributed by atoms with Crippen molar-refractivity contribution in [2.45, 2.75) is 13.0 Å². The van der Waals surface area contributed by atoms with Crippen molar-refractivity contribution in [1.82, 2.24) is 4.98 Å². The zero-order chi connectivity index (χ0) is 14.2. The number of anilines is 2. The molecule has 0 bridgehead atoms. The molecule has 0 spiro atoms. The van der Waals surface area contributed by atoms with Crippen LogP contribution in [0.5, 0.6) is 0 Å². The molecule has 21 heavy (non-hydrogen) atoms. The van der Waals surface area contributed by atoms with E-state index in [1.807, 2.05) is 18.2 Å². The average Bonchev–Trinajstić information content (AvgIpc) is 2.89. The molecule has 0 aliphatic carbocycles. The van der Waals surface area contributed by atoms with Crippen LogP contribution < -0.4 is 10.6 Å². The molecule has 0 unspecified atom stereocenters. The van der Waals surface area contributed by atoms with E-state index in [2.05, 4.69) is 41.3 Å². The SMILES string of the molecule is Nc1ccc2c(c1)N(Cc1ccc3ccccc3n1)CC2. The van der Waals surface area contributed by atoms with Crippen molar-refractivity contribution in [2.24, 2.45) is 0 Å². The minimum Gasteiger partial charge on any atom is -0.399 e. The maximum absolute atomic E-state index is 5.92. The summed E-state index contributed by atoms with van der Waals surface area (Å²) >= 11 is 0. The van der Waals surface area contributed by atoms with E-state index in [4.69, 9.17) is 10.7 Å². The molecular weight excluding hydrogens is 258 g/mol. The molecule has 2 heterocycles. The van der Waals surface area contributed by atoms with Crippen LogP contribution in [-0.4, -0.2) is 11.5 Å². The molecular formula is C18H17N3. The van der Waals surface area contributed by atoms with Crippen LogP contribution in [-0.2, 0) is 13.0 Å². The standard InChI is InChI=1S/C18H17N3/c19-15-7-5-14-9-10-21(18(14)11-15)12-16-8-6-13-3-1-2-4-17(13)20-16/h1-8,11H,9-10,12,19H2. The molecule has 1 aliphatic rings. The lowest BCUT2D eigenvalue weighted by atomic mass is 10.1. The number of hydrogen-bond donors (Lipinski definition) is 1. The topological polar surface area (TPSA) is 42.1 Å². The monoisotopic (exact) mass is 275 g/mol. The fourth-order valence-corrected chi connectivity index (χ4v) is 3.02. The van der Waals surface area contributed by atoms with E-state index in [9.17, 15) is 0 Å². The van der Waals surface area contributed by atoms with Crippen LogP contribution in [0.25, 0.3) is 10.9 Å². The second-order valence-electron chi connectivity index (χ2n) is 5.55. The van der Waals surface area contributed by atoms with E-state index < -0.39 is 0 Å². The number of rotatable bonds is 2. The van der Waals surface area contributed by atoms with Gasteiger partial charge in [-0.25, -0.2) is 0 Å². The van der Waals surface area contributed by atoms with Crippen LogP contribution in [0.3, 0.4) is 0 Å². The summed E-state index contributed by atoms with van der Waals surface area (Å²) in [5.74, 6) is 0. The lowest BCUT2D eigenvalue weighted by Crippen LogP contribution is -2.20. The van der Waals surface area contributed by atoms with Crippen LogP contribution in [0.2, 0.25) is 0 Å². The normalized spacial score (nSPS) is 13.6. The maximum Gasteiger partial charge on any atom is 0.0706 e. The minimum atomic E-state index is 0.826. The Morgan fingerprint density at radius 2 is 1.95 bits per heavy atom. The van der Waals surface area contributed by atoms with Gasteiger partial charge in [-0.15, -0.1) is 0 Å². The minimum absolute atomic E-state index is 0.826. The van der Waals surface area contributed by atoms with Crippen molar-refractivity contribution in [3.8, 4) is 0 Å². The second-order valence-corrected chi connectivity index (χ2v) is 5.55. The van der Waals surface area contributed by atoms with Gasteiger partial charge in [0, 0.05) is 23.3 Å². The van der Waals surface area contributed by atoms with E-state index in [0.29, 0.717) is 0 Å². The third kappa shape index (κ3) is 2.21. The Bertz CT molecular complexity index is 810. The summed E-state index contributed by atoms with van der Waals surface area (Å²) in [6.45, 7) is 1.87. The van der Waals surface area contributed by atoms with Crippen molar-refractivity contribution in [2.75, 3.05) is 17.2 Å². The molecule has 0 saturated heterocycles. The Hall–Kier alpha value is -2.55. The highest BCUT2D eigenvalue weighted by atomic mass is 15.2. The largest absolute Gasteiger partial charge is 0.399 e. The Labute approximate surface area is 124 Å². The number of pyridine rings is 1. The molecule has 3 nitrogen and oxygen atoms in total. The Morgan fingerprint density at radius 1 is 1.05 bits per heavy atom. The molecule has 2 aromatic carbocycles. The van der Waals surface area contributed by atoms with Crippen molar-refractivity contribution in [3.05, 3.63) is 65.9 Å². The predicted octanol–water partition coefficient (Wildman–Crippen LogP) is 3.38. The molecule has 0 radical (unpaired) electrons. The summed E-state index contributed by atoms with van der Waals surface area (Å²) in [4.78, 5) is 7.13. The number of para-hydroxylation sites is 1. The number of fused-ring (bicyclic) bond motifs is 2. The van der Waals surface area contributed by atoms with E-state index in [-0.39, 0.29) is 0 Å². The summed E-state index contributed by atoms with van der Waals surface area (Å²) in [7, 11) is 0. The molecule has 2 N–H and O–H groups in total. The van der Waals surface area contributed by atoms with Gasteiger partial charge in [0.1, 0.15) is 0 Å². The van der Waals surface area contributed by atoms with E-state index in [0.717, 1.165) is 36.4 Å². The molecule has 3 aromatic rings. The first-order valence-corrected chi connectivity index (χ1v) is 7.28. The third-order valence-electron chi connectivity index (χ3n) is 4.11. The highest BCUT2D eigenvalue weighted by Gasteiger charge is 2.19.